The largest absolute Gasteiger partial charge is 0.468 e. The summed E-state index contributed by atoms with van der Waals surface area (Å²) in [6.45, 7) is 6.03. The molecule has 0 aromatic heterocycles. The van der Waals surface area contributed by atoms with Gasteiger partial charge < -0.3 is 4.74 Å². The minimum Gasteiger partial charge on any atom is -0.468 e. The van der Waals surface area contributed by atoms with Gasteiger partial charge in [0.1, 0.15) is 4.75 Å². The van der Waals surface area contributed by atoms with Crippen molar-refractivity contribution in [2.24, 2.45) is 0 Å². The third kappa shape index (κ3) is 4.92. The molecule has 0 saturated carbocycles. The minimum absolute atomic E-state index is 0.186. The molecule has 0 aliphatic carbocycles. The van der Waals surface area contributed by atoms with Crippen LogP contribution >= 0.6 is 11.8 Å². The molecule has 1 unspecified atom stereocenters. The van der Waals surface area contributed by atoms with Crippen molar-refractivity contribution < 1.29 is 9.53 Å². The lowest BCUT2D eigenvalue weighted by Gasteiger charge is -2.30. The number of carbonyl (C=O) groups is 1. The normalized spacial score (nSPS) is 13.4. The molecule has 0 bridgehead atoms. The highest BCUT2D eigenvalue weighted by Gasteiger charge is 2.40. The van der Waals surface area contributed by atoms with Gasteiger partial charge in [0.25, 0.3) is 0 Å². The quantitative estimate of drug-likeness (QED) is 0.348. The van der Waals surface area contributed by atoms with Crippen LogP contribution in [-0.2, 0) is 14.3 Å². The van der Waals surface area contributed by atoms with Crippen LogP contribution < -0.4 is 0 Å². The van der Waals surface area contributed by atoms with Crippen LogP contribution in [0, 0.1) is 0 Å². The lowest BCUT2D eigenvalue weighted by atomic mass is 9.94. The Morgan fingerprint density at radius 1 is 1.29 bits per heavy atom. The molecular weight excluding hydrogens is 280 g/mol. The highest BCUT2D eigenvalue weighted by Crippen LogP contribution is 2.41. The first-order valence-electron chi connectivity index (χ1n) is 7.60. The molecule has 3 heteroatoms. The first-order valence-corrected chi connectivity index (χ1v) is 8.58. The average Bonchev–Trinajstić information content (AvgIpc) is 2.53. The minimum atomic E-state index is -0.663. The molecule has 0 aliphatic heterocycles. The van der Waals surface area contributed by atoms with E-state index >= 15 is 0 Å². The molecule has 1 atom stereocenters. The summed E-state index contributed by atoms with van der Waals surface area (Å²) in [5, 5.41) is 0. The van der Waals surface area contributed by atoms with Gasteiger partial charge in [0.15, 0.2) is 0 Å². The van der Waals surface area contributed by atoms with E-state index in [-0.39, 0.29) is 5.97 Å². The third-order valence-electron chi connectivity index (χ3n) is 3.53. The summed E-state index contributed by atoms with van der Waals surface area (Å²) >= 11 is 1.68. The van der Waals surface area contributed by atoms with Crippen LogP contribution in [0.1, 0.15) is 44.6 Å². The molecule has 0 N–H and O–H groups in total. The number of allylic oxidation sites excluding steroid dienone is 1. The number of methoxy groups -OCH3 is 1. The topological polar surface area (TPSA) is 26.3 Å². The Balaban J connectivity index is 2.91. The van der Waals surface area contributed by atoms with Gasteiger partial charge in [0.05, 0.1) is 7.11 Å². The van der Waals surface area contributed by atoms with Crippen molar-refractivity contribution in [1.29, 1.82) is 0 Å². The van der Waals surface area contributed by atoms with Crippen molar-refractivity contribution in [1.82, 2.24) is 0 Å². The van der Waals surface area contributed by atoms with E-state index in [0.29, 0.717) is 6.42 Å². The van der Waals surface area contributed by atoms with E-state index in [2.05, 4.69) is 13.5 Å². The van der Waals surface area contributed by atoms with E-state index in [9.17, 15) is 4.79 Å². The van der Waals surface area contributed by atoms with Crippen molar-refractivity contribution in [2.75, 3.05) is 12.9 Å². The SMILES string of the molecule is C=CCC(SCCCCCC)(C(=O)OC)c1ccccc1. The zero-order valence-electron chi connectivity index (χ0n) is 13.1. The summed E-state index contributed by atoms with van der Waals surface area (Å²) in [5.74, 6) is 0.770. The van der Waals surface area contributed by atoms with E-state index < -0.39 is 4.75 Å². The number of carbonyl (C=O) groups excluding carboxylic acids is 1. The molecule has 1 aromatic carbocycles. The Morgan fingerprint density at radius 3 is 2.57 bits per heavy atom. The smallest absolute Gasteiger partial charge is 0.326 e. The number of rotatable bonds is 10. The fraction of sp³-hybridized carbons (Fsp3) is 0.500. The van der Waals surface area contributed by atoms with Gasteiger partial charge in [-0.3, -0.25) is 4.79 Å². The fourth-order valence-corrected chi connectivity index (χ4v) is 3.81. The number of ether oxygens (including phenoxy) is 1. The Bertz CT molecular complexity index is 430. The van der Waals surface area contributed by atoms with E-state index in [1.807, 2.05) is 36.4 Å². The van der Waals surface area contributed by atoms with Crippen LogP contribution in [0.4, 0.5) is 0 Å². The maximum atomic E-state index is 12.5. The number of hydrogen-bond donors (Lipinski definition) is 0. The van der Waals surface area contributed by atoms with Crippen LogP contribution in [0.3, 0.4) is 0 Å². The van der Waals surface area contributed by atoms with Crippen molar-refractivity contribution in [2.45, 2.75) is 43.8 Å². The Labute approximate surface area is 133 Å². The molecular formula is C18H26O2S. The van der Waals surface area contributed by atoms with E-state index in [4.69, 9.17) is 4.74 Å². The van der Waals surface area contributed by atoms with E-state index in [0.717, 1.165) is 17.7 Å². The monoisotopic (exact) mass is 306 g/mol. The molecule has 2 nitrogen and oxygen atoms in total. The van der Waals surface area contributed by atoms with Gasteiger partial charge >= 0.3 is 5.97 Å². The van der Waals surface area contributed by atoms with Crippen molar-refractivity contribution in [3.8, 4) is 0 Å². The standard InChI is InChI=1S/C18H26O2S/c1-4-6-7-11-15-21-18(14-5-2,17(19)20-3)16-12-9-8-10-13-16/h5,8-10,12-13H,2,4,6-7,11,14-15H2,1,3H3. The molecule has 0 spiro atoms. The maximum absolute atomic E-state index is 12.5. The van der Waals surface area contributed by atoms with Gasteiger partial charge in [-0.15, -0.1) is 18.3 Å². The van der Waals surface area contributed by atoms with E-state index in [1.165, 1.54) is 26.4 Å². The van der Waals surface area contributed by atoms with E-state index in [1.54, 1.807) is 11.8 Å². The molecule has 0 aliphatic rings. The van der Waals surface area contributed by atoms with Crippen LogP contribution in [0.2, 0.25) is 0 Å². The number of esters is 1. The molecule has 0 amide bonds. The van der Waals surface area contributed by atoms with Crippen LogP contribution in [0.5, 0.6) is 0 Å². The van der Waals surface area contributed by atoms with Gasteiger partial charge in [-0.2, -0.15) is 0 Å². The van der Waals surface area contributed by atoms with Crippen LogP contribution in [0.25, 0.3) is 0 Å². The summed E-state index contributed by atoms with van der Waals surface area (Å²) in [6, 6.07) is 9.89. The summed E-state index contributed by atoms with van der Waals surface area (Å²) in [6.07, 6.45) is 7.20. The summed E-state index contributed by atoms with van der Waals surface area (Å²) in [4.78, 5) is 12.5. The molecule has 1 aromatic rings. The molecule has 0 saturated heterocycles. The molecule has 0 radical (unpaired) electrons. The van der Waals surface area contributed by atoms with Crippen LogP contribution in [-0.4, -0.2) is 18.8 Å². The third-order valence-corrected chi connectivity index (χ3v) is 5.09. The summed E-state index contributed by atoms with van der Waals surface area (Å²) in [7, 11) is 1.46. The number of hydrogen-bond acceptors (Lipinski definition) is 3. The Hall–Kier alpha value is -1.22. The predicted molar refractivity (Wildman–Crippen MR) is 91.6 cm³/mol. The number of unbranched alkanes of at least 4 members (excludes halogenated alkanes) is 3. The van der Waals surface area contributed by atoms with Crippen molar-refractivity contribution in [3.63, 3.8) is 0 Å². The average molecular weight is 306 g/mol. The van der Waals surface area contributed by atoms with Crippen LogP contribution in [0.15, 0.2) is 43.0 Å². The summed E-state index contributed by atoms with van der Waals surface area (Å²) < 4.78 is 4.43. The second-order valence-electron chi connectivity index (χ2n) is 5.09. The first-order chi connectivity index (χ1) is 10.2. The van der Waals surface area contributed by atoms with Crippen molar-refractivity contribution >= 4 is 17.7 Å². The lowest BCUT2D eigenvalue weighted by molar-refractivity contribution is -0.143. The Morgan fingerprint density at radius 2 is 2.00 bits per heavy atom. The van der Waals surface area contributed by atoms with Gasteiger partial charge in [-0.1, -0.05) is 62.6 Å². The second kappa shape index (κ2) is 9.67. The van der Waals surface area contributed by atoms with Gasteiger partial charge in [0, 0.05) is 0 Å². The number of thioether (sulfide) groups is 1. The molecule has 0 heterocycles. The lowest BCUT2D eigenvalue weighted by Crippen LogP contribution is -2.33. The number of benzene rings is 1. The molecule has 0 fully saturated rings. The molecule has 116 valence electrons. The predicted octanol–water partition coefficient (Wildman–Crippen LogP) is 4.94. The fourth-order valence-electron chi connectivity index (χ4n) is 2.37. The maximum Gasteiger partial charge on any atom is 0.326 e. The van der Waals surface area contributed by atoms with Gasteiger partial charge in [-0.25, -0.2) is 0 Å². The summed E-state index contributed by atoms with van der Waals surface area (Å²) in [5.41, 5.74) is 0.997. The Kier molecular flexibility index (Phi) is 8.21. The molecule has 21 heavy (non-hydrogen) atoms. The highest BCUT2D eigenvalue weighted by molar-refractivity contribution is 8.00. The van der Waals surface area contributed by atoms with Gasteiger partial charge in [0.2, 0.25) is 0 Å². The first kappa shape index (κ1) is 17.8. The molecule has 1 rings (SSSR count). The van der Waals surface area contributed by atoms with Crippen molar-refractivity contribution in [3.05, 3.63) is 48.6 Å². The highest BCUT2D eigenvalue weighted by atomic mass is 32.2. The zero-order chi connectivity index (χ0) is 15.6. The zero-order valence-corrected chi connectivity index (χ0v) is 14.0. The second-order valence-corrected chi connectivity index (χ2v) is 6.48. The van der Waals surface area contributed by atoms with Gasteiger partial charge in [-0.05, 0) is 24.2 Å².